The molecule has 0 amide bonds. The second kappa shape index (κ2) is 5.63. The third-order valence-electron chi connectivity index (χ3n) is 2.71. The quantitative estimate of drug-likeness (QED) is 0.517. The summed E-state index contributed by atoms with van der Waals surface area (Å²) in [5.74, 6) is 0.739. The lowest BCUT2D eigenvalue weighted by atomic mass is 10.1. The fraction of sp³-hybridized carbons (Fsp3) is 0.455. The molecule has 1 fully saturated rings. The van der Waals surface area contributed by atoms with Crippen LogP contribution in [0.2, 0.25) is 0 Å². The minimum Gasteiger partial charge on any atom is -0.489 e. The molecule has 0 radical (unpaired) electrons. The van der Waals surface area contributed by atoms with E-state index >= 15 is 0 Å². The molecule has 0 bridgehead atoms. The highest BCUT2D eigenvalue weighted by Gasteiger charge is 2.17. The van der Waals surface area contributed by atoms with Crippen LogP contribution >= 0.6 is 22.6 Å². The SMILES string of the molecule is O=[N+]([O-])c1ccc(OC2CCNCC2)c(I)c1. The topological polar surface area (TPSA) is 64.4 Å². The first-order chi connectivity index (χ1) is 8.16. The number of nitrogens with zero attached hydrogens (tertiary/aromatic N) is 1. The van der Waals surface area contributed by atoms with Crippen LogP contribution in [0.3, 0.4) is 0 Å². The molecule has 0 atom stereocenters. The van der Waals surface area contributed by atoms with Gasteiger partial charge >= 0.3 is 0 Å². The number of nitro groups is 1. The van der Waals surface area contributed by atoms with E-state index in [-0.39, 0.29) is 11.8 Å². The Labute approximate surface area is 113 Å². The molecule has 0 aromatic heterocycles. The van der Waals surface area contributed by atoms with Crippen LogP contribution < -0.4 is 10.1 Å². The molecule has 0 saturated carbocycles. The normalized spacial score (nSPS) is 16.8. The molecule has 6 heteroatoms. The van der Waals surface area contributed by atoms with Gasteiger partial charge in [-0.25, -0.2) is 0 Å². The van der Waals surface area contributed by atoms with Crippen molar-refractivity contribution in [2.45, 2.75) is 18.9 Å². The van der Waals surface area contributed by atoms with Gasteiger partial charge in [-0.2, -0.15) is 0 Å². The predicted octanol–water partition coefficient (Wildman–Crippen LogP) is 2.33. The minimum absolute atomic E-state index is 0.104. The highest BCUT2D eigenvalue weighted by molar-refractivity contribution is 14.1. The Morgan fingerprint density at radius 3 is 2.71 bits per heavy atom. The average molecular weight is 348 g/mol. The summed E-state index contributed by atoms with van der Waals surface area (Å²) in [4.78, 5) is 10.2. The molecule has 1 N–H and O–H groups in total. The number of ether oxygens (including phenoxy) is 1. The van der Waals surface area contributed by atoms with Crippen LogP contribution in [0.25, 0.3) is 0 Å². The van der Waals surface area contributed by atoms with Gasteiger partial charge in [-0.15, -0.1) is 0 Å². The molecule has 1 aliphatic heterocycles. The van der Waals surface area contributed by atoms with Crippen LogP contribution in [0.1, 0.15) is 12.8 Å². The zero-order valence-electron chi connectivity index (χ0n) is 9.19. The van der Waals surface area contributed by atoms with E-state index in [2.05, 4.69) is 27.9 Å². The van der Waals surface area contributed by atoms with Crippen molar-refractivity contribution in [1.82, 2.24) is 5.32 Å². The summed E-state index contributed by atoms with van der Waals surface area (Å²) in [6.45, 7) is 1.93. The van der Waals surface area contributed by atoms with Gasteiger partial charge < -0.3 is 10.1 Å². The van der Waals surface area contributed by atoms with Gasteiger partial charge in [0.1, 0.15) is 11.9 Å². The van der Waals surface area contributed by atoms with Crippen LogP contribution in [-0.2, 0) is 0 Å². The van der Waals surface area contributed by atoms with Gasteiger partial charge in [-0.05, 0) is 54.6 Å². The van der Waals surface area contributed by atoms with Gasteiger partial charge in [0.2, 0.25) is 0 Å². The van der Waals surface area contributed by atoms with Crippen molar-refractivity contribution in [2.24, 2.45) is 0 Å². The van der Waals surface area contributed by atoms with Gasteiger partial charge in [0, 0.05) is 12.1 Å². The average Bonchev–Trinajstić information content (AvgIpc) is 2.33. The molecule has 1 aromatic carbocycles. The second-order valence-electron chi connectivity index (χ2n) is 3.94. The van der Waals surface area contributed by atoms with E-state index in [0.29, 0.717) is 0 Å². The van der Waals surface area contributed by atoms with E-state index in [9.17, 15) is 10.1 Å². The Morgan fingerprint density at radius 1 is 1.41 bits per heavy atom. The lowest BCUT2D eigenvalue weighted by Gasteiger charge is -2.24. The Bertz CT molecular complexity index is 419. The number of nitro benzene ring substituents is 1. The van der Waals surface area contributed by atoms with Gasteiger partial charge in [0.05, 0.1) is 8.49 Å². The molecule has 5 nitrogen and oxygen atoms in total. The second-order valence-corrected chi connectivity index (χ2v) is 5.10. The zero-order chi connectivity index (χ0) is 12.3. The maximum absolute atomic E-state index is 10.6. The zero-order valence-corrected chi connectivity index (χ0v) is 11.3. The Kier molecular flexibility index (Phi) is 4.16. The summed E-state index contributed by atoms with van der Waals surface area (Å²) in [6, 6.07) is 4.71. The van der Waals surface area contributed by atoms with Crippen molar-refractivity contribution in [3.63, 3.8) is 0 Å². The number of rotatable bonds is 3. The summed E-state index contributed by atoms with van der Waals surface area (Å²) in [7, 11) is 0. The van der Waals surface area contributed by atoms with Crippen LogP contribution in [0.15, 0.2) is 18.2 Å². The van der Waals surface area contributed by atoms with Crippen molar-refractivity contribution < 1.29 is 9.66 Å². The van der Waals surface area contributed by atoms with E-state index in [0.717, 1.165) is 35.3 Å². The molecule has 1 heterocycles. The number of nitrogens with one attached hydrogen (secondary N) is 1. The van der Waals surface area contributed by atoms with Gasteiger partial charge in [-0.3, -0.25) is 10.1 Å². The van der Waals surface area contributed by atoms with Crippen molar-refractivity contribution in [2.75, 3.05) is 13.1 Å². The van der Waals surface area contributed by atoms with Crippen LogP contribution in [0.5, 0.6) is 5.75 Å². The summed E-state index contributed by atoms with van der Waals surface area (Å²) in [5.41, 5.74) is 0.104. The van der Waals surface area contributed by atoms with Gasteiger partial charge in [-0.1, -0.05) is 0 Å². The fourth-order valence-corrected chi connectivity index (χ4v) is 2.42. The third kappa shape index (κ3) is 3.29. The summed E-state index contributed by atoms with van der Waals surface area (Å²) in [6.07, 6.45) is 2.17. The van der Waals surface area contributed by atoms with Crippen LogP contribution in [0, 0.1) is 13.7 Å². The molecule has 92 valence electrons. The van der Waals surface area contributed by atoms with Crippen molar-refractivity contribution in [1.29, 1.82) is 0 Å². The van der Waals surface area contributed by atoms with Crippen molar-refractivity contribution in [3.8, 4) is 5.75 Å². The minimum atomic E-state index is -0.392. The summed E-state index contributed by atoms with van der Waals surface area (Å²) >= 11 is 2.07. The lowest BCUT2D eigenvalue weighted by molar-refractivity contribution is -0.385. The summed E-state index contributed by atoms with van der Waals surface area (Å²) in [5, 5.41) is 13.9. The van der Waals surface area contributed by atoms with E-state index in [1.807, 2.05) is 0 Å². The molecular weight excluding hydrogens is 335 g/mol. The van der Waals surface area contributed by atoms with Crippen molar-refractivity contribution in [3.05, 3.63) is 31.9 Å². The predicted molar refractivity (Wildman–Crippen MR) is 72.3 cm³/mol. The molecule has 1 saturated heterocycles. The first-order valence-electron chi connectivity index (χ1n) is 5.48. The van der Waals surface area contributed by atoms with E-state index in [1.165, 1.54) is 12.1 Å². The Morgan fingerprint density at radius 2 is 2.12 bits per heavy atom. The number of piperidine rings is 1. The molecule has 1 aliphatic rings. The van der Waals surface area contributed by atoms with Crippen LogP contribution in [-0.4, -0.2) is 24.1 Å². The first kappa shape index (κ1) is 12.6. The molecular formula is C11H13IN2O3. The highest BCUT2D eigenvalue weighted by atomic mass is 127. The first-order valence-corrected chi connectivity index (χ1v) is 6.56. The highest BCUT2D eigenvalue weighted by Crippen LogP contribution is 2.27. The number of hydrogen-bond acceptors (Lipinski definition) is 4. The Hall–Kier alpha value is -0.890. The number of halogens is 1. The maximum atomic E-state index is 10.6. The smallest absolute Gasteiger partial charge is 0.270 e. The molecule has 2 rings (SSSR count). The fourth-order valence-electron chi connectivity index (χ4n) is 1.79. The monoisotopic (exact) mass is 348 g/mol. The number of non-ortho nitro benzene ring substituents is 1. The van der Waals surface area contributed by atoms with Crippen molar-refractivity contribution >= 4 is 28.3 Å². The molecule has 0 spiro atoms. The van der Waals surface area contributed by atoms with Crippen LogP contribution in [0.4, 0.5) is 5.69 Å². The van der Waals surface area contributed by atoms with E-state index in [1.54, 1.807) is 6.07 Å². The molecule has 1 aromatic rings. The van der Waals surface area contributed by atoms with Gasteiger partial charge in [0.15, 0.2) is 0 Å². The van der Waals surface area contributed by atoms with E-state index in [4.69, 9.17) is 4.74 Å². The van der Waals surface area contributed by atoms with E-state index < -0.39 is 4.92 Å². The molecule has 0 aliphatic carbocycles. The molecule has 0 unspecified atom stereocenters. The third-order valence-corrected chi connectivity index (χ3v) is 3.55. The Balaban J connectivity index is 2.08. The largest absolute Gasteiger partial charge is 0.489 e. The standard InChI is InChI=1S/C11H13IN2O3/c12-10-7-8(14(15)16)1-2-11(10)17-9-3-5-13-6-4-9/h1-2,7,9,13H,3-6H2. The molecule has 17 heavy (non-hydrogen) atoms. The maximum Gasteiger partial charge on any atom is 0.270 e. The number of benzene rings is 1. The lowest BCUT2D eigenvalue weighted by Crippen LogP contribution is -2.34. The van der Waals surface area contributed by atoms with Gasteiger partial charge in [0.25, 0.3) is 5.69 Å². The number of hydrogen-bond donors (Lipinski definition) is 1. The summed E-state index contributed by atoms with van der Waals surface area (Å²) < 4.78 is 6.64.